The van der Waals surface area contributed by atoms with Crippen molar-refractivity contribution in [3.8, 4) is 0 Å². The smallest absolute Gasteiger partial charge is 0.184 e. The summed E-state index contributed by atoms with van der Waals surface area (Å²) in [6, 6.07) is 0. The van der Waals surface area contributed by atoms with Crippen LogP contribution in [0, 0.1) is 0 Å². The zero-order valence-corrected chi connectivity index (χ0v) is 6.08. The van der Waals surface area contributed by atoms with Crippen molar-refractivity contribution in [3.05, 3.63) is 0 Å². The van der Waals surface area contributed by atoms with E-state index in [0.717, 1.165) is 0 Å². The molecule has 66 valence electrons. The van der Waals surface area contributed by atoms with Gasteiger partial charge in [-0.1, -0.05) is 0 Å². The van der Waals surface area contributed by atoms with E-state index in [0.29, 0.717) is 0 Å². The Morgan fingerprint density at radius 2 is 1.73 bits per heavy atom. The highest BCUT2D eigenvalue weighted by Gasteiger charge is 2.43. The topological polar surface area (TPSA) is 90.2 Å². The van der Waals surface area contributed by atoms with Crippen LogP contribution >= 0.6 is 0 Å². The third-order valence-corrected chi connectivity index (χ3v) is 1.75. The van der Waals surface area contributed by atoms with Crippen LogP contribution in [0.1, 0.15) is 6.92 Å². The van der Waals surface area contributed by atoms with Crippen molar-refractivity contribution in [2.75, 3.05) is 0 Å². The number of hydrogen-bond donors (Lipinski definition) is 4. The summed E-state index contributed by atoms with van der Waals surface area (Å²) >= 11 is 0. The molecule has 5 heteroatoms. The van der Waals surface area contributed by atoms with Gasteiger partial charge in [0.1, 0.15) is 18.3 Å². The normalized spacial score (nSPS) is 47.7. The maximum absolute atomic E-state index is 9.10. The maximum atomic E-state index is 9.10. The second kappa shape index (κ2) is 3.04. The van der Waals surface area contributed by atoms with Gasteiger partial charge in [0.25, 0.3) is 0 Å². The lowest BCUT2D eigenvalue weighted by Crippen LogP contribution is -2.37. The van der Waals surface area contributed by atoms with Crippen molar-refractivity contribution in [1.82, 2.24) is 0 Å². The predicted octanol–water partition coefficient (Wildman–Crippen LogP) is -2.19. The first-order valence-corrected chi connectivity index (χ1v) is 3.41. The van der Waals surface area contributed by atoms with Gasteiger partial charge in [-0.3, -0.25) is 0 Å². The Morgan fingerprint density at radius 1 is 1.18 bits per heavy atom. The van der Waals surface area contributed by atoms with E-state index < -0.39 is 30.7 Å². The Kier molecular flexibility index (Phi) is 2.46. The van der Waals surface area contributed by atoms with E-state index in [-0.39, 0.29) is 0 Å². The number of aliphatic hydroxyl groups excluding tert-OH is 4. The van der Waals surface area contributed by atoms with E-state index in [1.807, 2.05) is 0 Å². The van der Waals surface area contributed by atoms with Crippen LogP contribution in [0.25, 0.3) is 0 Å². The lowest BCUT2D eigenvalue weighted by Gasteiger charge is -2.16. The second-order valence-electron chi connectivity index (χ2n) is 2.71. The molecule has 0 aliphatic carbocycles. The van der Waals surface area contributed by atoms with Crippen LogP contribution < -0.4 is 0 Å². The lowest BCUT2D eigenvalue weighted by atomic mass is 10.1. The maximum Gasteiger partial charge on any atom is 0.184 e. The van der Waals surface area contributed by atoms with Crippen molar-refractivity contribution in [2.24, 2.45) is 0 Å². The first kappa shape index (κ1) is 8.89. The van der Waals surface area contributed by atoms with Gasteiger partial charge in [-0.2, -0.15) is 0 Å². The molecule has 0 radical (unpaired) electrons. The summed E-state index contributed by atoms with van der Waals surface area (Å²) < 4.78 is 4.65. The van der Waals surface area contributed by atoms with Crippen LogP contribution in [0.3, 0.4) is 0 Å². The van der Waals surface area contributed by atoms with Gasteiger partial charge in [-0.05, 0) is 6.92 Å². The van der Waals surface area contributed by atoms with Gasteiger partial charge < -0.3 is 25.2 Å². The molecule has 0 aromatic heterocycles. The van der Waals surface area contributed by atoms with Gasteiger partial charge in [0, 0.05) is 0 Å². The molecule has 11 heavy (non-hydrogen) atoms. The number of rotatable bonds is 1. The first-order valence-electron chi connectivity index (χ1n) is 3.41. The molecule has 4 N–H and O–H groups in total. The summed E-state index contributed by atoms with van der Waals surface area (Å²) in [5, 5.41) is 35.8. The minimum Gasteiger partial charge on any atom is -0.391 e. The highest BCUT2D eigenvalue weighted by molar-refractivity contribution is 4.88. The molecule has 1 aliphatic rings. The van der Waals surface area contributed by atoms with Crippen LogP contribution in [0.2, 0.25) is 0 Å². The van der Waals surface area contributed by atoms with E-state index in [1.54, 1.807) is 0 Å². The second-order valence-corrected chi connectivity index (χ2v) is 2.71. The molecule has 0 aromatic carbocycles. The van der Waals surface area contributed by atoms with Crippen molar-refractivity contribution in [1.29, 1.82) is 0 Å². The molecular formula is C6H12O5. The summed E-state index contributed by atoms with van der Waals surface area (Å²) in [4.78, 5) is 0. The van der Waals surface area contributed by atoms with E-state index in [1.165, 1.54) is 6.92 Å². The summed E-state index contributed by atoms with van der Waals surface area (Å²) in [6.45, 7) is 1.42. The van der Waals surface area contributed by atoms with E-state index >= 15 is 0 Å². The largest absolute Gasteiger partial charge is 0.391 e. The van der Waals surface area contributed by atoms with Crippen LogP contribution in [0.4, 0.5) is 0 Å². The Bertz CT molecular complexity index is 137. The molecule has 5 nitrogen and oxygen atoms in total. The number of aliphatic hydroxyl groups is 4. The number of hydrogen-bond acceptors (Lipinski definition) is 5. The molecule has 3 unspecified atom stereocenters. The van der Waals surface area contributed by atoms with Crippen LogP contribution in [0.15, 0.2) is 0 Å². The lowest BCUT2D eigenvalue weighted by molar-refractivity contribution is -0.143. The van der Waals surface area contributed by atoms with Gasteiger partial charge >= 0.3 is 0 Å². The summed E-state index contributed by atoms with van der Waals surface area (Å²) in [5.74, 6) is 0. The fourth-order valence-corrected chi connectivity index (χ4v) is 1.08. The Hall–Kier alpha value is -0.200. The van der Waals surface area contributed by atoms with Gasteiger partial charge in [0.05, 0.1) is 6.10 Å². The van der Waals surface area contributed by atoms with Gasteiger partial charge in [-0.25, -0.2) is 0 Å². The van der Waals surface area contributed by atoms with Crippen LogP contribution in [-0.4, -0.2) is 51.1 Å². The molecule has 5 atom stereocenters. The van der Waals surface area contributed by atoms with Crippen LogP contribution in [0.5, 0.6) is 0 Å². The predicted molar refractivity (Wildman–Crippen MR) is 34.6 cm³/mol. The van der Waals surface area contributed by atoms with E-state index in [9.17, 15) is 0 Å². The monoisotopic (exact) mass is 164 g/mol. The molecule has 1 heterocycles. The summed E-state index contributed by atoms with van der Waals surface area (Å²) in [5.41, 5.74) is 0. The quantitative estimate of drug-likeness (QED) is 0.353. The molecule has 0 aromatic rings. The van der Waals surface area contributed by atoms with E-state index in [4.69, 9.17) is 20.4 Å². The third-order valence-electron chi connectivity index (χ3n) is 1.75. The zero-order chi connectivity index (χ0) is 8.59. The number of ether oxygens (including phenoxy) is 1. The molecule has 0 saturated carbocycles. The Morgan fingerprint density at radius 3 is 1.91 bits per heavy atom. The van der Waals surface area contributed by atoms with Crippen LogP contribution in [-0.2, 0) is 4.74 Å². The first-order chi connectivity index (χ1) is 5.04. The van der Waals surface area contributed by atoms with Gasteiger partial charge in [0.2, 0.25) is 0 Å². The minimum absolute atomic E-state index is 0.903. The van der Waals surface area contributed by atoms with Crippen molar-refractivity contribution in [3.63, 3.8) is 0 Å². The standard InChI is InChI=1S/C6H12O5/c1-2(7)5-3(8)4(9)6(10)11-5/h2-10H,1H3/t2?,3?,4?,5-,6+/m0/s1. The summed E-state index contributed by atoms with van der Waals surface area (Å²) in [6.07, 6.45) is -5.75. The minimum atomic E-state index is -1.40. The van der Waals surface area contributed by atoms with Crippen molar-refractivity contribution >= 4 is 0 Å². The van der Waals surface area contributed by atoms with Gasteiger partial charge in [0.15, 0.2) is 6.29 Å². The SMILES string of the molecule is CC(O)[C@@H]1O[C@@H](O)C(O)C1O. The van der Waals surface area contributed by atoms with Crippen molar-refractivity contribution in [2.45, 2.75) is 37.6 Å². The highest BCUT2D eigenvalue weighted by Crippen LogP contribution is 2.21. The summed E-state index contributed by atoms with van der Waals surface area (Å²) in [7, 11) is 0. The van der Waals surface area contributed by atoms with E-state index in [2.05, 4.69) is 4.74 Å². The fourth-order valence-electron chi connectivity index (χ4n) is 1.08. The molecule has 0 bridgehead atoms. The molecule has 1 rings (SSSR count). The highest BCUT2D eigenvalue weighted by atomic mass is 16.6. The molecular weight excluding hydrogens is 152 g/mol. The molecule has 1 aliphatic heterocycles. The van der Waals surface area contributed by atoms with Gasteiger partial charge in [-0.15, -0.1) is 0 Å². The Balaban J connectivity index is 2.59. The molecule has 0 spiro atoms. The average Bonchev–Trinajstić information content (AvgIpc) is 2.17. The van der Waals surface area contributed by atoms with Crippen molar-refractivity contribution < 1.29 is 25.2 Å². The average molecular weight is 164 g/mol. The third kappa shape index (κ3) is 1.52. The Labute approximate surface area is 63.8 Å². The molecule has 0 amide bonds. The molecule has 1 fully saturated rings. The molecule has 1 saturated heterocycles. The zero-order valence-electron chi connectivity index (χ0n) is 6.08. The fraction of sp³-hybridized carbons (Fsp3) is 1.00.